The molecule has 1 rings (SSSR count). The van der Waals surface area contributed by atoms with Crippen LogP contribution in [-0.2, 0) is 0 Å². The molecule has 0 aliphatic rings. The summed E-state index contributed by atoms with van der Waals surface area (Å²) in [5.41, 5.74) is 0.734. The van der Waals surface area contributed by atoms with Crippen molar-refractivity contribution in [3.63, 3.8) is 0 Å². The average Bonchev–Trinajstić information content (AvgIpc) is 2.39. The molecular formula is C14H21ClN2O2. The van der Waals surface area contributed by atoms with Crippen molar-refractivity contribution in [1.82, 2.24) is 5.32 Å². The molecule has 106 valence electrons. The number of hydrogen-bond acceptors (Lipinski definition) is 2. The molecule has 4 nitrogen and oxygen atoms in total. The first-order valence-corrected chi connectivity index (χ1v) is 6.81. The molecule has 2 amide bonds. The minimum absolute atomic E-state index is 0.218. The average molecular weight is 285 g/mol. The van der Waals surface area contributed by atoms with Crippen molar-refractivity contribution in [3.05, 3.63) is 28.8 Å². The summed E-state index contributed by atoms with van der Waals surface area (Å²) in [6.45, 7) is 5.92. The molecule has 0 unspecified atom stereocenters. The van der Waals surface area contributed by atoms with Gasteiger partial charge in [-0.3, -0.25) is 0 Å². The molecule has 0 fully saturated rings. The van der Waals surface area contributed by atoms with Crippen LogP contribution in [0.15, 0.2) is 18.2 Å². The molecule has 0 saturated heterocycles. The zero-order valence-corrected chi connectivity index (χ0v) is 12.3. The van der Waals surface area contributed by atoms with Gasteiger partial charge in [-0.05, 0) is 37.5 Å². The molecule has 0 aliphatic carbocycles. The Morgan fingerprint density at radius 2 is 2.00 bits per heavy atom. The second-order valence-electron chi connectivity index (χ2n) is 4.72. The van der Waals surface area contributed by atoms with E-state index in [-0.39, 0.29) is 12.6 Å². The van der Waals surface area contributed by atoms with Gasteiger partial charge in [-0.2, -0.15) is 0 Å². The van der Waals surface area contributed by atoms with Crippen molar-refractivity contribution in [2.45, 2.75) is 39.2 Å². The van der Waals surface area contributed by atoms with Gasteiger partial charge in [0.2, 0.25) is 0 Å². The monoisotopic (exact) mass is 284 g/mol. The van der Waals surface area contributed by atoms with E-state index in [9.17, 15) is 9.90 Å². The zero-order chi connectivity index (χ0) is 14.5. The van der Waals surface area contributed by atoms with Crippen LogP contribution in [0.25, 0.3) is 0 Å². The van der Waals surface area contributed by atoms with Crippen molar-refractivity contribution in [1.29, 1.82) is 0 Å². The number of rotatable bonds is 5. The van der Waals surface area contributed by atoms with E-state index in [1.165, 1.54) is 0 Å². The fourth-order valence-electron chi connectivity index (χ4n) is 1.63. The molecule has 1 aromatic rings. The van der Waals surface area contributed by atoms with Gasteiger partial charge in [0.05, 0.1) is 16.3 Å². The van der Waals surface area contributed by atoms with E-state index in [1.807, 2.05) is 26.8 Å². The predicted molar refractivity (Wildman–Crippen MR) is 78.7 cm³/mol. The summed E-state index contributed by atoms with van der Waals surface area (Å²) in [5, 5.41) is 15.9. The molecule has 0 aliphatic heterocycles. The summed E-state index contributed by atoms with van der Waals surface area (Å²) in [5.74, 6) is 0. The summed E-state index contributed by atoms with van der Waals surface area (Å²) in [6, 6.07) is 5.04. The molecule has 3 N–H and O–H groups in total. The number of urea groups is 1. The number of aliphatic hydroxyl groups is 1. The molecule has 0 aromatic heterocycles. The molecule has 0 radical (unpaired) electrons. The van der Waals surface area contributed by atoms with Gasteiger partial charge in [0, 0.05) is 6.54 Å². The van der Waals surface area contributed by atoms with E-state index in [1.54, 1.807) is 12.1 Å². The Hall–Kier alpha value is -1.26. The van der Waals surface area contributed by atoms with Crippen LogP contribution in [0, 0.1) is 6.92 Å². The van der Waals surface area contributed by atoms with Crippen molar-refractivity contribution in [2.24, 2.45) is 0 Å². The van der Waals surface area contributed by atoms with E-state index in [0.717, 1.165) is 5.56 Å². The fourth-order valence-corrected chi connectivity index (χ4v) is 1.92. The SMILES string of the molecule is CCC(O)(CC)CNC(=O)Nc1ccc(C)cc1Cl. The Kier molecular flexibility index (Phi) is 5.63. The summed E-state index contributed by atoms with van der Waals surface area (Å²) in [4.78, 5) is 11.7. The lowest BCUT2D eigenvalue weighted by atomic mass is 9.98. The van der Waals surface area contributed by atoms with Gasteiger partial charge in [0.15, 0.2) is 0 Å². The highest BCUT2D eigenvalue weighted by atomic mass is 35.5. The van der Waals surface area contributed by atoms with Crippen LogP contribution < -0.4 is 10.6 Å². The maximum Gasteiger partial charge on any atom is 0.319 e. The van der Waals surface area contributed by atoms with E-state index in [4.69, 9.17) is 11.6 Å². The molecule has 19 heavy (non-hydrogen) atoms. The summed E-state index contributed by atoms with van der Waals surface area (Å²) in [6.07, 6.45) is 1.18. The summed E-state index contributed by atoms with van der Waals surface area (Å²) < 4.78 is 0. The number of benzene rings is 1. The normalized spacial score (nSPS) is 11.2. The highest BCUT2D eigenvalue weighted by Crippen LogP contribution is 2.22. The van der Waals surface area contributed by atoms with E-state index < -0.39 is 5.60 Å². The molecule has 0 saturated carbocycles. The molecule has 0 heterocycles. The highest BCUT2D eigenvalue weighted by molar-refractivity contribution is 6.33. The fraction of sp³-hybridized carbons (Fsp3) is 0.500. The third-order valence-electron chi connectivity index (χ3n) is 3.27. The van der Waals surface area contributed by atoms with Gasteiger partial charge in [-0.15, -0.1) is 0 Å². The van der Waals surface area contributed by atoms with Gasteiger partial charge >= 0.3 is 6.03 Å². The number of carbonyl (C=O) groups excluding carboxylic acids is 1. The topological polar surface area (TPSA) is 61.4 Å². The van der Waals surface area contributed by atoms with E-state index >= 15 is 0 Å². The smallest absolute Gasteiger partial charge is 0.319 e. The van der Waals surface area contributed by atoms with Crippen LogP contribution in [0.1, 0.15) is 32.3 Å². The number of aryl methyl sites for hydroxylation is 1. The number of halogens is 1. The molecule has 0 bridgehead atoms. The van der Waals surface area contributed by atoms with Crippen LogP contribution in [0.3, 0.4) is 0 Å². The Bertz CT molecular complexity index is 445. The maximum atomic E-state index is 11.7. The number of amides is 2. The minimum atomic E-state index is -0.853. The van der Waals surface area contributed by atoms with E-state index in [2.05, 4.69) is 10.6 Å². The standard InChI is InChI=1S/C14H21ClN2O2/c1-4-14(19,5-2)9-16-13(18)17-12-7-6-10(3)8-11(12)15/h6-8,19H,4-5,9H2,1-3H3,(H2,16,17,18). The number of nitrogens with one attached hydrogen (secondary N) is 2. The quantitative estimate of drug-likeness (QED) is 0.777. The minimum Gasteiger partial charge on any atom is -0.388 e. The van der Waals surface area contributed by atoms with Gasteiger partial charge < -0.3 is 15.7 Å². The summed E-state index contributed by atoms with van der Waals surface area (Å²) in [7, 11) is 0. The second kappa shape index (κ2) is 6.78. The van der Waals surface area contributed by atoms with Crippen molar-refractivity contribution < 1.29 is 9.90 Å². The molecule has 5 heteroatoms. The lowest BCUT2D eigenvalue weighted by molar-refractivity contribution is 0.0354. The van der Waals surface area contributed by atoms with Crippen LogP contribution >= 0.6 is 11.6 Å². The summed E-state index contributed by atoms with van der Waals surface area (Å²) >= 11 is 6.03. The number of carbonyl (C=O) groups is 1. The largest absolute Gasteiger partial charge is 0.388 e. The van der Waals surface area contributed by atoms with Gasteiger partial charge in [0.25, 0.3) is 0 Å². The van der Waals surface area contributed by atoms with Gasteiger partial charge in [0.1, 0.15) is 0 Å². The van der Waals surface area contributed by atoms with Crippen LogP contribution in [0.4, 0.5) is 10.5 Å². The Labute approximate surface area is 119 Å². The molecule has 0 spiro atoms. The third kappa shape index (κ3) is 4.73. The Balaban J connectivity index is 2.56. The second-order valence-corrected chi connectivity index (χ2v) is 5.13. The molecule has 0 atom stereocenters. The lowest BCUT2D eigenvalue weighted by Gasteiger charge is -2.25. The van der Waals surface area contributed by atoms with Crippen molar-refractivity contribution >= 4 is 23.3 Å². The maximum absolute atomic E-state index is 11.7. The van der Waals surface area contributed by atoms with E-state index in [0.29, 0.717) is 23.6 Å². The first-order chi connectivity index (χ1) is 8.90. The van der Waals surface area contributed by atoms with Crippen LogP contribution in [0.5, 0.6) is 0 Å². The first kappa shape index (κ1) is 15.8. The first-order valence-electron chi connectivity index (χ1n) is 6.43. The number of hydrogen-bond donors (Lipinski definition) is 3. The van der Waals surface area contributed by atoms with Gasteiger partial charge in [-0.25, -0.2) is 4.79 Å². The van der Waals surface area contributed by atoms with Gasteiger partial charge in [-0.1, -0.05) is 31.5 Å². The highest BCUT2D eigenvalue weighted by Gasteiger charge is 2.22. The van der Waals surface area contributed by atoms with Crippen molar-refractivity contribution in [3.8, 4) is 0 Å². The number of anilines is 1. The lowest BCUT2D eigenvalue weighted by Crippen LogP contribution is -2.43. The van der Waals surface area contributed by atoms with Crippen molar-refractivity contribution in [2.75, 3.05) is 11.9 Å². The van der Waals surface area contributed by atoms with Crippen LogP contribution in [-0.4, -0.2) is 23.3 Å². The molecule has 1 aromatic carbocycles. The third-order valence-corrected chi connectivity index (χ3v) is 3.58. The Morgan fingerprint density at radius 3 is 2.53 bits per heavy atom. The zero-order valence-electron chi connectivity index (χ0n) is 11.6. The Morgan fingerprint density at radius 1 is 1.37 bits per heavy atom. The van der Waals surface area contributed by atoms with Crippen LogP contribution in [0.2, 0.25) is 5.02 Å². The molecular weight excluding hydrogens is 264 g/mol. The predicted octanol–water partition coefficient (Wildman–Crippen LogP) is 3.32.